The van der Waals surface area contributed by atoms with Gasteiger partial charge in [-0.2, -0.15) is 5.10 Å². The van der Waals surface area contributed by atoms with Crippen LogP contribution in [0.4, 0.5) is 4.79 Å². The number of ether oxygens (including phenoxy) is 1. The third-order valence-corrected chi connectivity index (χ3v) is 8.02. The second kappa shape index (κ2) is 9.66. The Morgan fingerprint density at radius 1 is 1.03 bits per heavy atom. The first kappa shape index (κ1) is 25.3. The standard InChI is InChI=1S/C30H31BN4O4/c1-29(2)30(3,4)39-31(38-29)20(14-21-13-19-15-34-35-27(19)17-32-21)16-33-28(36)37-18-26-24-11-7-5-9-22(24)23-10-6-8-12-25(23)26/h5-15,17,26H,16,18H2,1-4H3,(H,33,36)(H,34,35). The lowest BCUT2D eigenvalue weighted by atomic mass is 9.77. The molecule has 9 heteroatoms. The molecule has 0 spiro atoms. The van der Waals surface area contributed by atoms with E-state index in [1.54, 1.807) is 12.4 Å². The summed E-state index contributed by atoms with van der Waals surface area (Å²) < 4.78 is 18.3. The van der Waals surface area contributed by atoms with E-state index in [2.05, 4.69) is 44.8 Å². The van der Waals surface area contributed by atoms with Crippen molar-refractivity contribution in [1.82, 2.24) is 20.5 Å². The molecule has 0 saturated carbocycles. The maximum atomic E-state index is 12.9. The Kier molecular flexibility index (Phi) is 6.28. The summed E-state index contributed by atoms with van der Waals surface area (Å²) in [6, 6.07) is 18.5. The minimum atomic E-state index is -0.647. The fraction of sp³-hybridized carbons (Fsp3) is 0.300. The van der Waals surface area contributed by atoms with Crippen LogP contribution in [-0.2, 0) is 14.0 Å². The number of amides is 1. The number of nitrogens with one attached hydrogen (secondary N) is 2. The summed E-state index contributed by atoms with van der Waals surface area (Å²) in [5.41, 5.74) is 5.97. The molecular formula is C30H31BN4O4. The number of nitrogens with zero attached hydrogens (tertiary/aromatic N) is 2. The number of carbonyl (C=O) groups is 1. The predicted octanol–water partition coefficient (Wildman–Crippen LogP) is 5.51. The number of carbonyl (C=O) groups excluding carboxylic acids is 1. The van der Waals surface area contributed by atoms with Gasteiger partial charge in [0, 0.05) is 17.8 Å². The van der Waals surface area contributed by atoms with Crippen LogP contribution in [0.25, 0.3) is 28.1 Å². The zero-order valence-corrected chi connectivity index (χ0v) is 22.5. The summed E-state index contributed by atoms with van der Waals surface area (Å²) >= 11 is 0. The van der Waals surface area contributed by atoms with Gasteiger partial charge in [-0.25, -0.2) is 4.79 Å². The fourth-order valence-corrected chi connectivity index (χ4v) is 5.15. The van der Waals surface area contributed by atoms with E-state index in [1.165, 1.54) is 22.3 Å². The van der Waals surface area contributed by atoms with Crippen LogP contribution in [0.15, 0.2) is 72.5 Å². The van der Waals surface area contributed by atoms with Gasteiger partial charge in [-0.05, 0) is 67.6 Å². The van der Waals surface area contributed by atoms with E-state index in [1.807, 2.05) is 64.1 Å². The van der Waals surface area contributed by atoms with Crippen molar-refractivity contribution in [2.24, 2.45) is 0 Å². The number of pyridine rings is 1. The molecule has 198 valence electrons. The fourth-order valence-electron chi connectivity index (χ4n) is 5.15. The highest BCUT2D eigenvalue weighted by molar-refractivity contribution is 6.56. The number of H-pyrrole nitrogens is 1. The summed E-state index contributed by atoms with van der Waals surface area (Å²) in [5.74, 6) is -0.00727. The highest BCUT2D eigenvalue weighted by atomic mass is 16.7. The van der Waals surface area contributed by atoms with Crippen molar-refractivity contribution in [2.45, 2.75) is 44.8 Å². The first-order valence-corrected chi connectivity index (χ1v) is 13.2. The van der Waals surface area contributed by atoms with Crippen LogP contribution in [0.2, 0.25) is 0 Å². The first-order valence-electron chi connectivity index (χ1n) is 13.2. The van der Waals surface area contributed by atoms with Gasteiger partial charge in [0.05, 0.1) is 34.8 Å². The van der Waals surface area contributed by atoms with E-state index in [0.29, 0.717) is 5.69 Å². The molecular weight excluding hydrogens is 491 g/mol. The van der Waals surface area contributed by atoms with E-state index in [0.717, 1.165) is 16.4 Å². The summed E-state index contributed by atoms with van der Waals surface area (Å²) in [6.45, 7) is 8.42. The molecule has 1 aliphatic carbocycles. The highest BCUT2D eigenvalue weighted by Gasteiger charge is 2.52. The lowest BCUT2D eigenvalue weighted by Gasteiger charge is -2.32. The summed E-state index contributed by atoms with van der Waals surface area (Å²) in [7, 11) is -0.647. The monoisotopic (exact) mass is 522 g/mol. The van der Waals surface area contributed by atoms with Crippen molar-refractivity contribution in [3.8, 4) is 11.1 Å². The Balaban J connectivity index is 1.18. The molecule has 8 nitrogen and oxygen atoms in total. The quantitative estimate of drug-likeness (QED) is 0.324. The van der Waals surface area contributed by atoms with Crippen LogP contribution in [0.3, 0.4) is 0 Å². The van der Waals surface area contributed by atoms with Crippen molar-refractivity contribution in [3.05, 3.63) is 89.3 Å². The number of hydrogen-bond acceptors (Lipinski definition) is 6. The molecule has 2 aliphatic rings. The van der Waals surface area contributed by atoms with Crippen LogP contribution in [0.1, 0.15) is 50.4 Å². The minimum absolute atomic E-state index is 0.00727. The second-order valence-electron chi connectivity index (χ2n) is 11.1. The number of fused-ring (bicyclic) bond motifs is 4. The molecule has 1 saturated heterocycles. The molecule has 1 amide bonds. The van der Waals surface area contributed by atoms with Gasteiger partial charge in [0.15, 0.2) is 0 Å². The predicted molar refractivity (Wildman–Crippen MR) is 151 cm³/mol. The zero-order valence-electron chi connectivity index (χ0n) is 22.5. The maximum absolute atomic E-state index is 12.9. The molecule has 0 unspecified atom stereocenters. The summed E-state index contributed by atoms with van der Waals surface area (Å²) in [5, 5.41) is 10.8. The van der Waals surface area contributed by atoms with Gasteiger partial charge in [-0.15, -0.1) is 0 Å². The van der Waals surface area contributed by atoms with E-state index in [9.17, 15) is 4.79 Å². The summed E-state index contributed by atoms with van der Waals surface area (Å²) in [6.07, 6.45) is 4.86. The Hall–Kier alpha value is -3.95. The van der Waals surface area contributed by atoms with Crippen molar-refractivity contribution >= 4 is 30.2 Å². The highest BCUT2D eigenvalue weighted by Crippen LogP contribution is 2.44. The molecule has 4 aromatic rings. The lowest BCUT2D eigenvalue weighted by Crippen LogP contribution is -2.41. The number of aromatic amines is 1. The topological polar surface area (TPSA) is 98.4 Å². The van der Waals surface area contributed by atoms with Crippen molar-refractivity contribution in [3.63, 3.8) is 0 Å². The Morgan fingerprint density at radius 2 is 1.67 bits per heavy atom. The molecule has 0 radical (unpaired) electrons. The lowest BCUT2D eigenvalue weighted by molar-refractivity contribution is 0.00578. The van der Waals surface area contributed by atoms with Gasteiger partial charge in [-0.3, -0.25) is 10.1 Å². The van der Waals surface area contributed by atoms with Crippen molar-refractivity contribution in [2.75, 3.05) is 13.2 Å². The molecule has 2 aromatic heterocycles. The largest absolute Gasteiger partial charge is 0.492 e. The van der Waals surface area contributed by atoms with E-state index in [-0.39, 0.29) is 19.1 Å². The van der Waals surface area contributed by atoms with E-state index >= 15 is 0 Å². The van der Waals surface area contributed by atoms with Gasteiger partial charge in [0.25, 0.3) is 0 Å². The number of rotatable bonds is 6. The van der Waals surface area contributed by atoms with Gasteiger partial charge in [0.2, 0.25) is 0 Å². The number of alkyl carbamates (subject to hydrolysis) is 1. The van der Waals surface area contributed by atoms with Crippen molar-refractivity contribution in [1.29, 1.82) is 0 Å². The molecule has 0 bridgehead atoms. The number of hydrogen-bond donors (Lipinski definition) is 2. The Labute approximate surface area is 227 Å². The zero-order chi connectivity index (χ0) is 27.2. The smallest absolute Gasteiger partial charge is 0.449 e. The van der Waals surface area contributed by atoms with Gasteiger partial charge in [-0.1, -0.05) is 48.5 Å². The molecule has 6 rings (SSSR count). The van der Waals surface area contributed by atoms with E-state index < -0.39 is 24.4 Å². The number of benzene rings is 2. The van der Waals surface area contributed by atoms with Gasteiger partial charge < -0.3 is 19.4 Å². The van der Waals surface area contributed by atoms with Crippen molar-refractivity contribution < 1.29 is 18.8 Å². The second-order valence-corrected chi connectivity index (χ2v) is 11.1. The van der Waals surface area contributed by atoms with Crippen LogP contribution in [-0.4, -0.2) is 52.7 Å². The first-order chi connectivity index (χ1) is 18.7. The average Bonchev–Trinajstić information content (AvgIpc) is 3.57. The molecule has 2 aromatic carbocycles. The Morgan fingerprint density at radius 3 is 2.33 bits per heavy atom. The third kappa shape index (κ3) is 4.73. The molecule has 39 heavy (non-hydrogen) atoms. The average molecular weight is 522 g/mol. The van der Waals surface area contributed by atoms with Crippen LogP contribution >= 0.6 is 0 Å². The normalized spacial score (nSPS) is 17.7. The summed E-state index contributed by atoms with van der Waals surface area (Å²) in [4.78, 5) is 17.4. The molecule has 1 aliphatic heterocycles. The van der Waals surface area contributed by atoms with Crippen LogP contribution in [0, 0.1) is 0 Å². The van der Waals surface area contributed by atoms with Crippen LogP contribution in [0.5, 0.6) is 0 Å². The SMILES string of the molecule is CC1(C)OB(C(=Cc2cc3cn[nH]c3cn2)CNC(=O)OCC2c3ccccc3-c3ccccc32)OC1(C)C. The van der Waals surface area contributed by atoms with Gasteiger partial charge >= 0.3 is 13.2 Å². The van der Waals surface area contributed by atoms with Crippen LogP contribution < -0.4 is 5.32 Å². The van der Waals surface area contributed by atoms with Gasteiger partial charge in [0.1, 0.15) is 6.61 Å². The Bertz CT molecular complexity index is 1520. The third-order valence-electron chi connectivity index (χ3n) is 8.02. The maximum Gasteiger partial charge on any atom is 0.492 e. The van der Waals surface area contributed by atoms with E-state index in [4.69, 9.17) is 14.0 Å². The minimum Gasteiger partial charge on any atom is -0.449 e. The molecule has 3 heterocycles. The molecule has 2 N–H and O–H groups in total. The number of aromatic nitrogens is 3. The molecule has 0 atom stereocenters. The molecule has 1 fully saturated rings.